The summed E-state index contributed by atoms with van der Waals surface area (Å²) in [6.45, 7) is 4.65. The van der Waals surface area contributed by atoms with E-state index in [9.17, 15) is 14.4 Å². The van der Waals surface area contributed by atoms with Gasteiger partial charge in [-0.3, -0.25) is 14.4 Å². The van der Waals surface area contributed by atoms with Gasteiger partial charge >= 0.3 is 17.9 Å². The highest BCUT2D eigenvalue weighted by Gasteiger charge is 2.19. The van der Waals surface area contributed by atoms with Crippen molar-refractivity contribution in [3.05, 3.63) is 0 Å². The molecule has 0 fully saturated rings. The second-order valence-electron chi connectivity index (χ2n) is 3.23. The molecule has 0 saturated heterocycles. The summed E-state index contributed by atoms with van der Waals surface area (Å²) >= 11 is 0. The molecule has 0 N–H and O–H groups in total. The molecule has 0 aromatic rings. The summed E-state index contributed by atoms with van der Waals surface area (Å²) < 4.78 is 0. The van der Waals surface area contributed by atoms with Crippen LogP contribution in [0.5, 0.6) is 0 Å². The lowest BCUT2D eigenvalue weighted by Gasteiger charge is -2.16. The van der Waals surface area contributed by atoms with Gasteiger partial charge in [0.1, 0.15) is 0 Å². The van der Waals surface area contributed by atoms with Gasteiger partial charge in [0.05, 0.1) is 0 Å². The van der Waals surface area contributed by atoms with Crippen molar-refractivity contribution >= 4 is 17.9 Å². The summed E-state index contributed by atoms with van der Waals surface area (Å²) in [6, 6.07) is 0. The fourth-order valence-corrected chi connectivity index (χ4v) is 0.827. The largest absolute Gasteiger partial charge is 0.332 e. The van der Waals surface area contributed by atoms with Crippen molar-refractivity contribution in [2.24, 2.45) is 0 Å². The van der Waals surface area contributed by atoms with E-state index in [0.29, 0.717) is 12.8 Å². The molecule has 0 amide bonds. The third-order valence-electron chi connectivity index (χ3n) is 1.46. The van der Waals surface area contributed by atoms with Crippen LogP contribution in [0.15, 0.2) is 0 Å². The second-order valence-corrected chi connectivity index (χ2v) is 3.23. The first-order valence-electron chi connectivity index (χ1n) is 5.39. The fourth-order valence-electron chi connectivity index (χ4n) is 0.827. The molecule has 0 rings (SSSR count). The molecular formula is C10H17NO6. The van der Waals surface area contributed by atoms with Gasteiger partial charge < -0.3 is 14.5 Å². The molecule has 0 radical (unpaired) electrons. The molecule has 0 unspecified atom stereocenters. The first-order chi connectivity index (χ1) is 7.99. The Bertz CT molecular complexity index is 258. The Morgan fingerprint density at radius 2 is 1.29 bits per heavy atom. The van der Waals surface area contributed by atoms with E-state index in [-0.39, 0.29) is 18.2 Å². The normalized spacial score (nSPS) is 9.88. The predicted molar refractivity (Wildman–Crippen MR) is 55.6 cm³/mol. The first kappa shape index (κ1) is 15.4. The number of hydrogen-bond donors (Lipinski definition) is 0. The molecule has 0 aliphatic heterocycles. The Hall–Kier alpha value is -1.63. The van der Waals surface area contributed by atoms with Crippen molar-refractivity contribution < 1.29 is 28.9 Å². The lowest BCUT2D eigenvalue weighted by molar-refractivity contribution is -0.463. The molecule has 0 spiro atoms. The minimum atomic E-state index is -0.765. The van der Waals surface area contributed by atoms with Crippen LogP contribution in [0.1, 0.15) is 46.5 Å². The van der Waals surface area contributed by atoms with Crippen LogP contribution < -0.4 is 0 Å². The molecule has 17 heavy (non-hydrogen) atoms. The Morgan fingerprint density at radius 1 is 0.882 bits per heavy atom. The van der Waals surface area contributed by atoms with E-state index < -0.39 is 17.9 Å². The van der Waals surface area contributed by atoms with Crippen LogP contribution in [0.25, 0.3) is 0 Å². The zero-order chi connectivity index (χ0) is 13.3. The molecule has 7 heteroatoms. The lowest BCUT2D eigenvalue weighted by Crippen LogP contribution is -2.32. The minimum Gasteiger partial charge on any atom is -0.301 e. The molecular weight excluding hydrogens is 230 g/mol. The predicted octanol–water partition coefficient (Wildman–Crippen LogP) is 1.28. The summed E-state index contributed by atoms with van der Waals surface area (Å²) in [5.41, 5.74) is 0. The molecule has 0 atom stereocenters. The van der Waals surface area contributed by atoms with Crippen LogP contribution in [0.2, 0.25) is 0 Å². The molecule has 0 aromatic heterocycles. The molecule has 0 bridgehead atoms. The lowest BCUT2D eigenvalue weighted by atomic mass is 10.3. The maximum Gasteiger partial charge on any atom is 0.332 e. The smallest absolute Gasteiger partial charge is 0.301 e. The Morgan fingerprint density at radius 3 is 1.59 bits per heavy atom. The first-order valence-corrected chi connectivity index (χ1v) is 5.39. The molecule has 7 nitrogen and oxygen atoms in total. The van der Waals surface area contributed by atoms with Gasteiger partial charge in [0, 0.05) is 19.8 Å². The van der Waals surface area contributed by atoms with Crippen molar-refractivity contribution in [1.29, 1.82) is 0 Å². The summed E-state index contributed by atoms with van der Waals surface area (Å²) in [7, 11) is 0. The zero-order valence-corrected chi connectivity index (χ0v) is 10.2. The SMILES string of the molecule is CCCC(=O)ON(OC(C)=O)OC(=O)CCC. The van der Waals surface area contributed by atoms with Crippen LogP contribution >= 0.6 is 0 Å². The van der Waals surface area contributed by atoms with Crippen molar-refractivity contribution in [3.8, 4) is 0 Å². The van der Waals surface area contributed by atoms with Crippen LogP contribution in [0.3, 0.4) is 0 Å². The van der Waals surface area contributed by atoms with Gasteiger partial charge in [0.15, 0.2) is 0 Å². The van der Waals surface area contributed by atoms with Gasteiger partial charge in [0.25, 0.3) is 0 Å². The van der Waals surface area contributed by atoms with E-state index in [4.69, 9.17) is 0 Å². The Labute approximate surface area is 99.5 Å². The fraction of sp³-hybridized carbons (Fsp3) is 0.700. The monoisotopic (exact) mass is 247 g/mol. The van der Waals surface area contributed by atoms with Crippen molar-refractivity contribution in [2.45, 2.75) is 46.5 Å². The van der Waals surface area contributed by atoms with E-state index in [2.05, 4.69) is 14.5 Å². The summed E-state index contributed by atoms with van der Waals surface area (Å²) in [5, 5.41) is 0.151. The van der Waals surface area contributed by atoms with Gasteiger partial charge in [-0.1, -0.05) is 13.8 Å². The Kier molecular flexibility index (Phi) is 7.70. The van der Waals surface area contributed by atoms with Crippen molar-refractivity contribution in [3.63, 3.8) is 0 Å². The van der Waals surface area contributed by atoms with Crippen molar-refractivity contribution in [1.82, 2.24) is 5.39 Å². The molecule has 0 saturated carbocycles. The third kappa shape index (κ3) is 8.21. The van der Waals surface area contributed by atoms with Gasteiger partial charge in [-0.05, 0) is 12.8 Å². The van der Waals surface area contributed by atoms with Crippen LogP contribution in [-0.2, 0) is 28.9 Å². The van der Waals surface area contributed by atoms with E-state index in [1.165, 1.54) is 0 Å². The number of nitrogens with zero attached hydrogens (tertiary/aromatic N) is 1. The molecule has 0 heterocycles. The highest BCUT2D eigenvalue weighted by Crippen LogP contribution is 2.02. The van der Waals surface area contributed by atoms with E-state index in [1.54, 1.807) is 13.8 Å². The van der Waals surface area contributed by atoms with Gasteiger partial charge in [-0.25, -0.2) is 0 Å². The number of carbonyl (C=O) groups is 3. The third-order valence-corrected chi connectivity index (χ3v) is 1.46. The molecule has 0 aromatic carbocycles. The molecule has 98 valence electrons. The standard InChI is InChI=1S/C10H17NO6/c1-4-6-9(13)16-11(15-8(3)12)17-10(14)7-5-2/h4-7H2,1-3H3. The Balaban J connectivity index is 4.27. The second kappa shape index (κ2) is 8.51. The van der Waals surface area contributed by atoms with Gasteiger partial charge in [0.2, 0.25) is 5.39 Å². The van der Waals surface area contributed by atoms with E-state index in [0.717, 1.165) is 6.92 Å². The molecule has 0 aliphatic rings. The van der Waals surface area contributed by atoms with Crippen molar-refractivity contribution in [2.75, 3.05) is 0 Å². The highest BCUT2D eigenvalue weighted by molar-refractivity contribution is 5.70. The van der Waals surface area contributed by atoms with E-state index >= 15 is 0 Å². The van der Waals surface area contributed by atoms with E-state index in [1.807, 2.05) is 0 Å². The van der Waals surface area contributed by atoms with Gasteiger partial charge in [-0.2, -0.15) is 0 Å². The zero-order valence-electron chi connectivity index (χ0n) is 10.2. The van der Waals surface area contributed by atoms with Crippen LogP contribution in [0.4, 0.5) is 0 Å². The summed E-state index contributed by atoms with van der Waals surface area (Å²) in [5.74, 6) is -2.07. The summed E-state index contributed by atoms with van der Waals surface area (Å²) in [6.07, 6.45) is 1.39. The quantitative estimate of drug-likeness (QED) is 0.627. The number of carbonyl (C=O) groups excluding carboxylic acids is 3. The molecule has 0 aliphatic carbocycles. The maximum absolute atomic E-state index is 11.1. The number of hydrogen-bond acceptors (Lipinski definition) is 7. The summed E-state index contributed by atoms with van der Waals surface area (Å²) in [4.78, 5) is 46.4. The maximum atomic E-state index is 11.1. The average Bonchev–Trinajstić information content (AvgIpc) is 2.16. The van der Waals surface area contributed by atoms with Gasteiger partial charge in [-0.15, -0.1) is 0 Å². The number of rotatable bonds is 7. The van der Waals surface area contributed by atoms with Crippen LogP contribution in [0, 0.1) is 0 Å². The average molecular weight is 247 g/mol. The topological polar surface area (TPSA) is 82.1 Å². The minimum absolute atomic E-state index is 0.128. The van der Waals surface area contributed by atoms with Crippen LogP contribution in [-0.4, -0.2) is 23.3 Å². The highest BCUT2D eigenvalue weighted by atomic mass is 17.2.